The fourth-order valence-electron chi connectivity index (χ4n) is 1.51. The molecular weight excluding hydrogens is 179 g/mol. The molecule has 0 spiro atoms. The molecule has 1 unspecified atom stereocenters. The van der Waals surface area contributed by atoms with E-state index >= 15 is 0 Å². The molecule has 0 aromatic heterocycles. The summed E-state index contributed by atoms with van der Waals surface area (Å²) < 4.78 is 12.3. The lowest BCUT2D eigenvalue weighted by Crippen LogP contribution is -2.28. The third-order valence-electron chi connectivity index (χ3n) is 2.32. The summed E-state index contributed by atoms with van der Waals surface area (Å²) in [6, 6.07) is 0. The molecular formula is C8H13FO2S. The first-order valence-corrected chi connectivity index (χ1v) is 5.27. The molecule has 70 valence electrons. The molecule has 2 nitrogen and oxygen atoms in total. The smallest absolute Gasteiger partial charge is 0.309 e. The molecule has 0 aromatic carbocycles. The summed E-state index contributed by atoms with van der Waals surface area (Å²) in [5.41, 5.74) is 0. The zero-order valence-electron chi connectivity index (χ0n) is 6.83. The summed E-state index contributed by atoms with van der Waals surface area (Å²) >= 11 is 1.82. The van der Waals surface area contributed by atoms with Gasteiger partial charge in [-0.3, -0.25) is 9.18 Å². The maximum atomic E-state index is 12.3. The molecule has 0 radical (unpaired) electrons. The second kappa shape index (κ2) is 4.70. The number of hydrogen-bond acceptors (Lipinski definition) is 2. The highest BCUT2D eigenvalue weighted by Crippen LogP contribution is 2.29. The standard InChI is InChI=1S/C8H13FO2S/c9-5-7(8(10)11)6-1-3-12-4-2-6/h6-7H,1-5H2,(H,10,11). The van der Waals surface area contributed by atoms with Crippen LogP contribution < -0.4 is 0 Å². The van der Waals surface area contributed by atoms with Crippen LogP contribution >= 0.6 is 11.8 Å². The monoisotopic (exact) mass is 192 g/mol. The third kappa shape index (κ3) is 2.37. The van der Waals surface area contributed by atoms with Crippen LogP contribution in [0.3, 0.4) is 0 Å². The van der Waals surface area contributed by atoms with E-state index in [1.54, 1.807) is 0 Å². The van der Waals surface area contributed by atoms with Crippen molar-refractivity contribution in [3.63, 3.8) is 0 Å². The van der Waals surface area contributed by atoms with Crippen molar-refractivity contribution in [2.24, 2.45) is 11.8 Å². The first-order chi connectivity index (χ1) is 5.75. The van der Waals surface area contributed by atoms with Gasteiger partial charge in [0.25, 0.3) is 0 Å². The van der Waals surface area contributed by atoms with Crippen LogP contribution in [0.25, 0.3) is 0 Å². The van der Waals surface area contributed by atoms with Gasteiger partial charge in [0.05, 0.1) is 5.92 Å². The number of rotatable bonds is 3. The van der Waals surface area contributed by atoms with Crippen molar-refractivity contribution in [1.82, 2.24) is 0 Å². The maximum Gasteiger partial charge on any atom is 0.309 e. The van der Waals surface area contributed by atoms with Gasteiger partial charge in [0.1, 0.15) is 6.67 Å². The van der Waals surface area contributed by atoms with E-state index in [0.717, 1.165) is 24.3 Å². The van der Waals surface area contributed by atoms with Crippen LogP contribution in [0.15, 0.2) is 0 Å². The van der Waals surface area contributed by atoms with E-state index in [2.05, 4.69) is 0 Å². The summed E-state index contributed by atoms with van der Waals surface area (Å²) in [6.45, 7) is -0.718. The van der Waals surface area contributed by atoms with Gasteiger partial charge in [0.15, 0.2) is 0 Å². The zero-order valence-corrected chi connectivity index (χ0v) is 7.65. The first-order valence-electron chi connectivity index (χ1n) is 4.12. The Kier molecular flexibility index (Phi) is 3.85. The average Bonchev–Trinajstić information content (AvgIpc) is 2.07. The molecule has 0 aromatic rings. The Labute approximate surface area is 75.5 Å². The Bertz CT molecular complexity index is 157. The molecule has 12 heavy (non-hydrogen) atoms. The van der Waals surface area contributed by atoms with Gasteiger partial charge in [-0.1, -0.05) is 0 Å². The van der Waals surface area contributed by atoms with Gasteiger partial charge in [-0.25, -0.2) is 0 Å². The van der Waals surface area contributed by atoms with Crippen molar-refractivity contribution in [2.45, 2.75) is 12.8 Å². The summed E-state index contributed by atoms with van der Waals surface area (Å²) in [5.74, 6) is 0.289. The van der Waals surface area contributed by atoms with Crippen LogP contribution in [-0.2, 0) is 4.79 Å². The molecule has 1 N–H and O–H groups in total. The van der Waals surface area contributed by atoms with Gasteiger partial charge in [-0.05, 0) is 30.3 Å². The summed E-state index contributed by atoms with van der Waals surface area (Å²) in [6.07, 6.45) is 1.71. The minimum atomic E-state index is -0.977. The molecule has 0 bridgehead atoms. The Morgan fingerprint density at radius 2 is 2.17 bits per heavy atom. The minimum Gasteiger partial charge on any atom is -0.481 e. The van der Waals surface area contributed by atoms with Crippen molar-refractivity contribution in [3.8, 4) is 0 Å². The van der Waals surface area contributed by atoms with Crippen LogP contribution in [0.2, 0.25) is 0 Å². The number of aliphatic carboxylic acids is 1. The Balaban J connectivity index is 2.46. The Morgan fingerprint density at radius 3 is 2.58 bits per heavy atom. The third-order valence-corrected chi connectivity index (χ3v) is 3.37. The average molecular weight is 192 g/mol. The SMILES string of the molecule is O=C(O)C(CF)C1CCSCC1. The summed E-state index contributed by atoms with van der Waals surface area (Å²) in [7, 11) is 0. The van der Waals surface area contributed by atoms with Gasteiger partial charge in [-0.2, -0.15) is 11.8 Å². The van der Waals surface area contributed by atoms with E-state index in [1.807, 2.05) is 11.8 Å². The summed E-state index contributed by atoms with van der Waals surface area (Å²) in [4.78, 5) is 10.6. The number of carboxylic acids is 1. The van der Waals surface area contributed by atoms with Crippen LogP contribution in [0, 0.1) is 11.8 Å². The lowest BCUT2D eigenvalue weighted by molar-refractivity contribution is -0.144. The highest BCUT2D eigenvalue weighted by Gasteiger charge is 2.29. The highest BCUT2D eigenvalue weighted by molar-refractivity contribution is 7.99. The van der Waals surface area contributed by atoms with Crippen molar-refractivity contribution in [2.75, 3.05) is 18.2 Å². The molecule has 0 saturated carbocycles. The minimum absolute atomic E-state index is 0.0637. The van der Waals surface area contributed by atoms with E-state index in [9.17, 15) is 9.18 Å². The predicted octanol–water partition coefficient (Wildman–Crippen LogP) is 1.80. The molecule has 1 rings (SSSR count). The fourth-order valence-corrected chi connectivity index (χ4v) is 2.65. The number of halogens is 1. The van der Waals surface area contributed by atoms with Crippen molar-refractivity contribution < 1.29 is 14.3 Å². The van der Waals surface area contributed by atoms with E-state index in [0.29, 0.717) is 0 Å². The van der Waals surface area contributed by atoms with E-state index in [1.165, 1.54) is 0 Å². The van der Waals surface area contributed by atoms with Gasteiger partial charge in [0, 0.05) is 0 Å². The van der Waals surface area contributed by atoms with Crippen molar-refractivity contribution in [1.29, 1.82) is 0 Å². The maximum absolute atomic E-state index is 12.3. The van der Waals surface area contributed by atoms with Gasteiger partial charge in [-0.15, -0.1) is 0 Å². The van der Waals surface area contributed by atoms with E-state index < -0.39 is 18.6 Å². The lowest BCUT2D eigenvalue weighted by Gasteiger charge is -2.25. The molecule has 4 heteroatoms. The molecule has 1 atom stereocenters. The largest absolute Gasteiger partial charge is 0.481 e. The molecule has 1 aliphatic rings. The second-order valence-electron chi connectivity index (χ2n) is 3.05. The summed E-state index contributed by atoms with van der Waals surface area (Å²) in [5, 5.41) is 8.68. The molecule has 0 aliphatic carbocycles. The van der Waals surface area contributed by atoms with Crippen LogP contribution in [0.4, 0.5) is 4.39 Å². The Hall–Kier alpha value is -0.250. The number of hydrogen-bond donors (Lipinski definition) is 1. The lowest BCUT2D eigenvalue weighted by atomic mass is 9.88. The first kappa shape index (κ1) is 9.84. The quantitative estimate of drug-likeness (QED) is 0.740. The van der Waals surface area contributed by atoms with E-state index in [-0.39, 0.29) is 5.92 Å². The molecule has 0 amide bonds. The number of thioether (sulfide) groups is 1. The van der Waals surface area contributed by atoms with Crippen LogP contribution in [0.5, 0.6) is 0 Å². The fraction of sp³-hybridized carbons (Fsp3) is 0.875. The Morgan fingerprint density at radius 1 is 1.58 bits per heavy atom. The van der Waals surface area contributed by atoms with Gasteiger partial charge in [0.2, 0.25) is 0 Å². The number of carbonyl (C=O) groups is 1. The van der Waals surface area contributed by atoms with E-state index in [4.69, 9.17) is 5.11 Å². The topological polar surface area (TPSA) is 37.3 Å². The molecule has 1 fully saturated rings. The van der Waals surface area contributed by atoms with Crippen LogP contribution in [-0.4, -0.2) is 29.3 Å². The number of alkyl halides is 1. The van der Waals surface area contributed by atoms with Crippen molar-refractivity contribution >= 4 is 17.7 Å². The van der Waals surface area contributed by atoms with Crippen molar-refractivity contribution in [3.05, 3.63) is 0 Å². The van der Waals surface area contributed by atoms with Gasteiger partial charge < -0.3 is 5.11 Å². The molecule has 1 saturated heterocycles. The molecule has 1 aliphatic heterocycles. The number of carboxylic acid groups (broad SMARTS) is 1. The van der Waals surface area contributed by atoms with Crippen LogP contribution in [0.1, 0.15) is 12.8 Å². The second-order valence-corrected chi connectivity index (χ2v) is 4.27. The molecule has 1 heterocycles. The predicted molar refractivity (Wildman–Crippen MR) is 47.1 cm³/mol. The highest BCUT2D eigenvalue weighted by atomic mass is 32.2. The van der Waals surface area contributed by atoms with Gasteiger partial charge >= 0.3 is 5.97 Å². The zero-order chi connectivity index (χ0) is 8.97. The normalized spacial score (nSPS) is 22.1.